The van der Waals surface area contributed by atoms with Crippen molar-refractivity contribution in [2.75, 3.05) is 11.9 Å². The van der Waals surface area contributed by atoms with Gasteiger partial charge in [-0.25, -0.2) is 0 Å². The minimum atomic E-state index is -0.159. The van der Waals surface area contributed by atoms with E-state index >= 15 is 0 Å². The van der Waals surface area contributed by atoms with Crippen molar-refractivity contribution < 1.29 is 9.53 Å². The van der Waals surface area contributed by atoms with Crippen molar-refractivity contribution >= 4 is 29.3 Å². The minimum Gasteiger partial charge on any atom is -0.488 e. The Kier molecular flexibility index (Phi) is 4.95. The third-order valence-corrected chi connectivity index (χ3v) is 4.32. The SMILES string of the molecule is Cc1cc(C)c(NC(=O)/C=C/C2=Cc3cc(Cl)ccc3OC2)c(C)c1. The number of amides is 1. The lowest BCUT2D eigenvalue weighted by Gasteiger charge is -2.16. The highest BCUT2D eigenvalue weighted by atomic mass is 35.5. The molecule has 0 saturated carbocycles. The Morgan fingerprint density at radius 2 is 1.88 bits per heavy atom. The van der Waals surface area contributed by atoms with Crippen molar-refractivity contribution in [1.82, 2.24) is 0 Å². The van der Waals surface area contributed by atoms with E-state index in [4.69, 9.17) is 16.3 Å². The predicted molar refractivity (Wildman–Crippen MR) is 103 cm³/mol. The number of rotatable bonds is 3. The van der Waals surface area contributed by atoms with Gasteiger partial charge in [-0.3, -0.25) is 4.79 Å². The van der Waals surface area contributed by atoms with Gasteiger partial charge in [0, 0.05) is 22.3 Å². The van der Waals surface area contributed by atoms with Gasteiger partial charge < -0.3 is 10.1 Å². The second kappa shape index (κ2) is 7.16. The quantitative estimate of drug-likeness (QED) is 0.767. The molecule has 1 amide bonds. The fourth-order valence-electron chi connectivity index (χ4n) is 2.99. The molecule has 0 spiro atoms. The molecule has 1 N–H and O–H groups in total. The Labute approximate surface area is 153 Å². The van der Waals surface area contributed by atoms with Crippen LogP contribution in [0.1, 0.15) is 22.3 Å². The van der Waals surface area contributed by atoms with Gasteiger partial charge in [-0.2, -0.15) is 0 Å². The zero-order chi connectivity index (χ0) is 18.0. The van der Waals surface area contributed by atoms with Crippen LogP contribution in [-0.4, -0.2) is 12.5 Å². The lowest BCUT2D eigenvalue weighted by atomic mass is 10.0. The summed E-state index contributed by atoms with van der Waals surface area (Å²) in [6, 6.07) is 9.62. The van der Waals surface area contributed by atoms with Crippen molar-refractivity contribution in [2.45, 2.75) is 20.8 Å². The molecular formula is C21H20ClNO2. The Morgan fingerprint density at radius 3 is 2.60 bits per heavy atom. The number of carbonyl (C=O) groups is 1. The minimum absolute atomic E-state index is 0.159. The van der Waals surface area contributed by atoms with Crippen LogP contribution in [-0.2, 0) is 4.79 Å². The van der Waals surface area contributed by atoms with E-state index in [0.717, 1.165) is 33.7 Å². The number of anilines is 1. The molecule has 1 aliphatic heterocycles. The summed E-state index contributed by atoms with van der Waals surface area (Å²) in [4.78, 5) is 12.3. The first kappa shape index (κ1) is 17.3. The zero-order valence-electron chi connectivity index (χ0n) is 14.5. The van der Waals surface area contributed by atoms with Crippen LogP contribution in [0, 0.1) is 20.8 Å². The molecule has 0 atom stereocenters. The maximum absolute atomic E-state index is 12.3. The van der Waals surface area contributed by atoms with Gasteiger partial charge in [-0.1, -0.05) is 35.4 Å². The molecule has 0 bridgehead atoms. The molecule has 0 aromatic heterocycles. The lowest BCUT2D eigenvalue weighted by Crippen LogP contribution is -2.11. The van der Waals surface area contributed by atoms with E-state index in [2.05, 4.69) is 17.4 Å². The number of hydrogen-bond donors (Lipinski definition) is 1. The topological polar surface area (TPSA) is 38.3 Å². The maximum atomic E-state index is 12.3. The Bertz CT molecular complexity index is 874. The van der Waals surface area contributed by atoms with Crippen molar-refractivity contribution in [3.05, 3.63) is 75.3 Å². The monoisotopic (exact) mass is 353 g/mol. The number of ether oxygens (including phenoxy) is 1. The molecular weight excluding hydrogens is 334 g/mol. The van der Waals surface area contributed by atoms with Crippen LogP contribution in [0.4, 0.5) is 5.69 Å². The van der Waals surface area contributed by atoms with Gasteiger partial charge in [0.2, 0.25) is 5.91 Å². The number of benzene rings is 2. The average molecular weight is 354 g/mol. The predicted octanol–water partition coefficient (Wildman–Crippen LogP) is 5.24. The van der Waals surface area contributed by atoms with Gasteiger partial charge in [0.1, 0.15) is 12.4 Å². The third-order valence-electron chi connectivity index (χ3n) is 4.08. The lowest BCUT2D eigenvalue weighted by molar-refractivity contribution is -0.111. The van der Waals surface area contributed by atoms with Crippen LogP contribution >= 0.6 is 11.6 Å². The highest BCUT2D eigenvalue weighted by Crippen LogP contribution is 2.29. The number of aryl methyl sites for hydroxylation is 3. The van der Waals surface area contributed by atoms with E-state index in [9.17, 15) is 4.79 Å². The number of hydrogen-bond acceptors (Lipinski definition) is 2. The Morgan fingerprint density at radius 1 is 1.16 bits per heavy atom. The van der Waals surface area contributed by atoms with Gasteiger partial charge in [0.15, 0.2) is 0 Å². The van der Waals surface area contributed by atoms with Crippen LogP contribution in [0.5, 0.6) is 5.75 Å². The summed E-state index contributed by atoms with van der Waals surface area (Å²) in [7, 11) is 0. The molecule has 0 saturated heterocycles. The van der Waals surface area contributed by atoms with Gasteiger partial charge in [-0.15, -0.1) is 0 Å². The first-order valence-corrected chi connectivity index (χ1v) is 8.50. The smallest absolute Gasteiger partial charge is 0.248 e. The van der Waals surface area contributed by atoms with Gasteiger partial charge in [0.05, 0.1) is 0 Å². The molecule has 1 heterocycles. The van der Waals surface area contributed by atoms with E-state index in [-0.39, 0.29) is 5.91 Å². The van der Waals surface area contributed by atoms with E-state index in [1.54, 1.807) is 12.1 Å². The van der Waals surface area contributed by atoms with Gasteiger partial charge >= 0.3 is 0 Å². The van der Waals surface area contributed by atoms with Crippen LogP contribution in [0.2, 0.25) is 5.02 Å². The van der Waals surface area contributed by atoms with Crippen molar-refractivity contribution in [2.24, 2.45) is 0 Å². The number of nitrogens with one attached hydrogen (secondary N) is 1. The van der Waals surface area contributed by atoms with E-state index in [0.29, 0.717) is 11.6 Å². The summed E-state index contributed by atoms with van der Waals surface area (Å²) in [5.41, 5.74) is 6.01. The summed E-state index contributed by atoms with van der Waals surface area (Å²) < 4.78 is 5.68. The summed E-state index contributed by atoms with van der Waals surface area (Å²) in [5, 5.41) is 3.62. The molecule has 1 aliphatic rings. The number of halogens is 1. The third kappa shape index (κ3) is 4.12. The fraction of sp³-hybridized carbons (Fsp3) is 0.190. The molecule has 2 aromatic carbocycles. The highest BCUT2D eigenvalue weighted by Gasteiger charge is 2.11. The zero-order valence-corrected chi connectivity index (χ0v) is 15.3. The summed E-state index contributed by atoms with van der Waals surface area (Å²) in [6.45, 7) is 6.47. The molecule has 3 rings (SSSR count). The first-order chi connectivity index (χ1) is 11.9. The van der Waals surface area contributed by atoms with Crippen molar-refractivity contribution in [3.63, 3.8) is 0 Å². The van der Waals surface area contributed by atoms with Crippen LogP contribution < -0.4 is 10.1 Å². The molecule has 0 radical (unpaired) electrons. The van der Waals surface area contributed by atoms with Crippen LogP contribution in [0.15, 0.2) is 48.1 Å². The van der Waals surface area contributed by atoms with E-state index in [1.807, 2.05) is 39.0 Å². The molecule has 0 unspecified atom stereocenters. The summed E-state index contributed by atoms with van der Waals surface area (Å²) in [6.07, 6.45) is 5.29. The second-order valence-electron chi connectivity index (χ2n) is 6.29. The molecule has 0 aliphatic carbocycles. The first-order valence-electron chi connectivity index (χ1n) is 8.12. The normalized spacial score (nSPS) is 13.2. The van der Waals surface area contributed by atoms with Crippen LogP contribution in [0.3, 0.4) is 0 Å². The number of fused-ring (bicyclic) bond motifs is 1. The highest BCUT2D eigenvalue weighted by molar-refractivity contribution is 6.30. The molecule has 128 valence electrons. The summed E-state index contributed by atoms with van der Waals surface area (Å²) >= 11 is 6.02. The van der Waals surface area contributed by atoms with Gasteiger partial charge in [0.25, 0.3) is 0 Å². The van der Waals surface area contributed by atoms with Gasteiger partial charge in [-0.05, 0) is 61.7 Å². The second-order valence-corrected chi connectivity index (χ2v) is 6.72. The molecule has 4 heteroatoms. The van der Waals surface area contributed by atoms with Crippen LogP contribution in [0.25, 0.3) is 6.08 Å². The number of carbonyl (C=O) groups excluding carboxylic acids is 1. The molecule has 0 fully saturated rings. The molecule has 3 nitrogen and oxygen atoms in total. The van der Waals surface area contributed by atoms with E-state index < -0.39 is 0 Å². The van der Waals surface area contributed by atoms with Crippen molar-refractivity contribution in [1.29, 1.82) is 0 Å². The van der Waals surface area contributed by atoms with E-state index in [1.165, 1.54) is 11.6 Å². The van der Waals surface area contributed by atoms with Crippen molar-refractivity contribution in [3.8, 4) is 5.75 Å². The molecule has 2 aromatic rings. The largest absolute Gasteiger partial charge is 0.488 e. The Balaban J connectivity index is 1.74. The Hall–Kier alpha value is -2.52. The summed E-state index contributed by atoms with van der Waals surface area (Å²) in [5.74, 6) is 0.643. The fourth-order valence-corrected chi connectivity index (χ4v) is 3.17. The maximum Gasteiger partial charge on any atom is 0.248 e. The molecule has 25 heavy (non-hydrogen) atoms. The average Bonchev–Trinajstić information content (AvgIpc) is 2.55. The standard InChI is InChI=1S/C21H20ClNO2/c1-13-8-14(2)21(15(3)9-13)23-20(24)7-4-16-10-17-11-18(22)5-6-19(17)25-12-16/h4-11H,12H2,1-3H3,(H,23,24)/b7-4+.